The molecule has 16 aromatic carbocycles. The normalized spacial score (nSPS) is 14.8. The van der Waals surface area contributed by atoms with Crippen molar-refractivity contribution in [2.45, 2.75) is 129 Å². The fourth-order valence-corrected chi connectivity index (χ4v) is 38.4. The third-order valence-corrected chi connectivity index (χ3v) is 44.8. The lowest BCUT2D eigenvalue weighted by molar-refractivity contribution is 0.404. The summed E-state index contributed by atoms with van der Waals surface area (Å²) in [5.41, 5.74) is 4.52. The van der Waals surface area contributed by atoms with Crippen molar-refractivity contribution < 1.29 is 40.9 Å². The van der Waals surface area contributed by atoms with E-state index in [1.807, 2.05) is 97.1 Å². The summed E-state index contributed by atoms with van der Waals surface area (Å²) in [6.45, 7) is 17.2. The third-order valence-electron chi connectivity index (χ3n) is 27.5. The molecule has 0 radical (unpaired) electrons. The molecule has 664 valence electrons. The number of benzene rings is 16. The number of phenols is 8. The van der Waals surface area contributed by atoms with E-state index < -0.39 is 52.7 Å². The van der Waals surface area contributed by atoms with E-state index >= 15 is 0 Å². The first kappa shape index (κ1) is 91.5. The second-order valence-corrected chi connectivity index (χ2v) is 51.5. The molecule has 0 aromatic heterocycles. The fraction of sp³-hybridized carbons (Fsp3) is 0.200. The van der Waals surface area contributed by atoms with Crippen LogP contribution in [0.2, 0.25) is 0 Å². The van der Waals surface area contributed by atoms with Crippen LogP contribution in [0.1, 0.15) is 172 Å². The summed E-state index contributed by atoms with van der Waals surface area (Å²) in [6, 6.07) is 134. The van der Waals surface area contributed by atoms with E-state index in [4.69, 9.17) is 0 Å². The van der Waals surface area contributed by atoms with E-state index in [2.05, 4.69) is 347 Å². The topological polar surface area (TPSA) is 162 Å². The zero-order valence-electron chi connectivity index (χ0n) is 76.6. The van der Waals surface area contributed by atoms with Gasteiger partial charge in [-0.05, 0) is 219 Å². The highest BCUT2D eigenvalue weighted by Crippen LogP contribution is 2.69. The van der Waals surface area contributed by atoms with Crippen LogP contribution in [0, 0.1) is 23.7 Å². The summed E-state index contributed by atoms with van der Waals surface area (Å²) in [6.07, 6.45) is 1.66. The molecule has 8 bridgehead atoms. The molecule has 0 saturated carbocycles. The maximum atomic E-state index is 15.0. The number of hydrogen-bond donors (Lipinski definition) is 8. The van der Waals surface area contributed by atoms with Crippen molar-refractivity contribution in [3.05, 3.63) is 455 Å². The van der Waals surface area contributed by atoms with E-state index in [0.29, 0.717) is 70.2 Å². The molecule has 1 aliphatic carbocycles. The minimum atomic E-state index is -3.10. The van der Waals surface area contributed by atoms with Crippen molar-refractivity contribution in [3.63, 3.8) is 0 Å². The highest BCUT2D eigenvalue weighted by Gasteiger charge is 2.54. The van der Waals surface area contributed by atoms with E-state index in [1.165, 1.54) is 0 Å². The lowest BCUT2D eigenvalue weighted by Gasteiger charge is -2.35. The predicted octanol–water partition coefficient (Wildman–Crippen LogP) is 24.3. The van der Waals surface area contributed by atoms with Gasteiger partial charge in [-0.3, -0.25) is 0 Å². The van der Waals surface area contributed by atoms with Gasteiger partial charge in [0.15, 0.2) is 0 Å². The van der Waals surface area contributed by atoms with Crippen molar-refractivity contribution in [1.82, 2.24) is 0 Å². The Hall–Kier alpha value is -12.4. The van der Waals surface area contributed by atoms with E-state index in [-0.39, 0.29) is 117 Å². The minimum Gasteiger partial charge on any atom is -0.507 e. The largest absolute Gasteiger partial charge is 0.507 e. The Kier molecular flexibility index (Phi) is 27.5. The van der Waals surface area contributed by atoms with Crippen LogP contribution in [-0.4, -0.2) is 40.9 Å². The Morgan fingerprint density at radius 1 is 0.167 bits per heavy atom. The molecule has 16 aromatic rings. The van der Waals surface area contributed by atoms with Crippen molar-refractivity contribution in [2.24, 2.45) is 23.7 Å². The Labute approximate surface area is 782 Å². The average molecular weight is 1810 g/mol. The Balaban J connectivity index is 1.09. The molecule has 0 saturated heterocycles. The minimum absolute atomic E-state index is 0.101. The molecule has 0 heterocycles. The smallest absolute Gasteiger partial charge is 0.130 e. The molecular weight excluding hydrogens is 1690 g/mol. The first-order valence-electron chi connectivity index (χ1n) is 46.6. The zero-order chi connectivity index (χ0) is 92.0. The summed E-state index contributed by atoms with van der Waals surface area (Å²) in [5, 5.41) is 132. The summed E-state index contributed by atoms with van der Waals surface area (Å²) in [5.74, 6) is -5.66. The molecule has 17 rings (SSSR count). The average Bonchev–Trinajstić information content (AvgIpc) is 0.743. The van der Waals surface area contributed by atoms with Crippen LogP contribution in [0.3, 0.4) is 0 Å². The van der Waals surface area contributed by atoms with Gasteiger partial charge in [-0.2, -0.15) is 0 Å². The lowest BCUT2D eigenvalue weighted by atomic mass is 9.73. The molecule has 8 nitrogen and oxygen atoms in total. The van der Waals surface area contributed by atoms with Gasteiger partial charge in [0.05, 0.1) is 22.3 Å². The molecule has 0 amide bonds. The van der Waals surface area contributed by atoms with Crippen LogP contribution >= 0.6 is 29.0 Å². The number of phenolic OH excluding ortho intramolecular Hbond substituents is 8. The number of rotatable bonds is 28. The van der Waals surface area contributed by atoms with Gasteiger partial charge >= 0.3 is 0 Å². The highest BCUT2D eigenvalue weighted by atomic mass is 31.2. The first-order valence-corrected chi connectivity index (χ1v) is 54.5. The second kappa shape index (κ2) is 39.6. The van der Waals surface area contributed by atoms with Gasteiger partial charge < -0.3 is 40.9 Å². The van der Waals surface area contributed by atoms with E-state index in [1.54, 1.807) is 0 Å². The van der Waals surface area contributed by atoms with Crippen LogP contribution in [0.5, 0.6) is 46.0 Å². The van der Waals surface area contributed by atoms with Crippen molar-refractivity contribution >= 4 is 92.7 Å². The molecule has 0 fully saturated rings. The number of aromatic hydroxyl groups is 8. The van der Waals surface area contributed by atoms with Crippen LogP contribution in [0.15, 0.2) is 388 Å². The molecule has 0 aliphatic heterocycles. The van der Waals surface area contributed by atoms with Gasteiger partial charge in [-0.15, -0.1) is 0 Å². The van der Waals surface area contributed by atoms with Crippen molar-refractivity contribution in [3.8, 4) is 46.0 Å². The van der Waals surface area contributed by atoms with Gasteiger partial charge in [-0.1, -0.05) is 274 Å². The van der Waals surface area contributed by atoms with Gasteiger partial charge in [0.2, 0.25) is 0 Å². The van der Waals surface area contributed by atoms with Crippen LogP contribution in [-0.2, 0) is 24.6 Å². The zero-order valence-corrected chi connectivity index (χ0v) is 80.2. The Bertz CT molecular complexity index is 5310. The molecule has 1 aliphatic rings. The second-order valence-electron chi connectivity index (χ2n) is 37.5. The molecule has 132 heavy (non-hydrogen) atoms. The Morgan fingerprint density at radius 3 is 0.356 bits per heavy atom. The lowest BCUT2D eigenvalue weighted by Crippen LogP contribution is -2.32. The summed E-state index contributed by atoms with van der Waals surface area (Å²) in [7, 11) is -12.4. The third kappa shape index (κ3) is 17.4. The van der Waals surface area contributed by atoms with Crippen molar-refractivity contribution in [1.29, 1.82) is 0 Å². The summed E-state index contributed by atoms with van der Waals surface area (Å²) >= 11 is 0. The summed E-state index contributed by atoms with van der Waals surface area (Å²) in [4.78, 5) is 0. The van der Waals surface area contributed by atoms with Gasteiger partial charge in [0, 0.05) is 68.2 Å². The van der Waals surface area contributed by atoms with Gasteiger partial charge in [0.25, 0.3) is 0 Å². The number of fused-ring (bicyclic) bond motifs is 8. The maximum Gasteiger partial charge on any atom is 0.130 e. The molecule has 0 unspecified atom stereocenters. The monoisotopic (exact) mass is 1810 g/mol. The van der Waals surface area contributed by atoms with Crippen LogP contribution < -0.4 is 63.7 Å². The quantitative estimate of drug-likeness (QED) is 0.0225. The summed E-state index contributed by atoms with van der Waals surface area (Å²) < 4.78 is 0. The maximum absolute atomic E-state index is 15.0. The van der Waals surface area contributed by atoms with E-state index in [9.17, 15) is 40.9 Å². The van der Waals surface area contributed by atoms with E-state index in [0.717, 1.165) is 63.7 Å². The SMILES string of the molecule is CC(C)CC1c2cc(c(O)c(C[P+](c3ccccc3)(c3ccccc3)c3ccccc3)c2O)C(CC(C)C)c2cc(c(O)c(C[P+](c3ccccc3)(c3ccccc3)c3ccccc3)c2O)C(CC(C)C)c2cc(c(O)c(C[P+](c3ccccc3)(c3ccccc3)c3ccccc3)c2O)C(CC(C)C)c2cc1c(O)c(C[P+](c1ccccc1)(c1ccccc1)c1ccccc1)c2O. The van der Waals surface area contributed by atoms with Gasteiger partial charge in [0.1, 0.15) is 163 Å². The molecular formula is C120H120O8P4+4. The highest BCUT2D eigenvalue weighted by molar-refractivity contribution is 7.96. The number of hydrogen-bond acceptors (Lipinski definition) is 8. The fourth-order valence-electron chi connectivity index (χ4n) is 21.4. The first-order chi connectivity index (χ1) is 64.1. The standard InChI is InChI=1S/C120H116O8P4/c1-81(2)69-97-101-73-103(115(123)109(113(101)121)77-129(85-45-21-9-22-46-85,86-47-23-10-24-48-86)87-49-25-11-26-50-87)98(70-82(3)4)105-75-107(119(127)111(117(105)125)79-131(91-57-33-15-34-58-91,92-59-35-16-36-60-92)93-61-37-17-38-62-93)100(72-84(7)8)108-76-106(118(126)112(120(108)128)80-132(94-63-39-18-40-64-94,95-65-41-19-42-66-95)96-67-43-20-44-68-96)99(71-83(5)6)104-74-102(97)114(122)110(116(104)124)78-130(88-51-27-12-28-52-88,89-53-29-13-30-54-89)90-55-31-14-32-56-90/h9-68,73-76,81-84,97-100H,69-72,77-80H2,1-8H3,(H4-4,121,122,123,124,125,126,127,128)/p+4. The molecule has 12 heteroatoms. The Morgan fingerprint density at radius 2 is 0.265 bits per heavy atom. The molecule has 0 spiro atoms. The predicted molar refractivity (Wildman–Crippen MR) is 560 cm³/mol. The molecule has 0 atom stereocenters. The van der Waals surface area contributed by atoms with Crippen LogP contribution in [0.25, 0.3) is 0 Å². The molecule has 8 N–H and O–H groups in total. The van der Waals surface area contributed by atoms with Gasteiger partial charge in [-0.25, -0.2) is 0 Å². The van der Waals surface area contributed by atoms with Crippen molar-refractivity contribution in [2.75, 3.05) is 0 Å². The van der Waals surface area contributed by atoms with Crippen LogP contribution in [0.4, 0.5) is 0 Å².